The summed E-state index contributed by atoms with van der Waals surface area (Å²) in [5.74, 6) is 0.252. The van der Waals surface area contributed by atoms with Crippen LogP contribution in [-0.2, 0) is 4.79 Å². The van der Waals surface area contributed by atoms with Gasteiger partial charge in [-0.25, -0.2) is 4.99 Å². The summed E-state index contributed by atoms with van der Waals surface area (Å²) in [7, 11) is 0. The van der Waals surface area contributed by atoms with Crippen LogP contribution in [0, 0.1) is 0 Å². The first-order valence-corrected chi connectivity index (χ1v) is 7.43. The van der Waals surface area contributed by atoms with Crippen molar-refractivity contribution in [3.63, 3.8) is 0 Å². The normalized spacial score (nSPS) is 16.0. The maximum absolute atomic E-state index is 12.0. The van der Waals surface area contributed by atoms with E-state index in [1.165, 1.54) is 0 Å². The molecule has 0 saturated heterocycles. The van der Waals surface area contributed by atoms with Crippen molar-refractivity contribution in [3.05, 3.63) is 74.9 Å². The molecule has 0 atom stereocenters. The van der Waals surface area contributed by atoms with E-state index < -0.39 is 0 Å². The number of nitrogens with one attached hydrogen (secondary N) is 1. The van der Waals surface area contributed by atoms with Crippen LogP contribution in [0.3, 0.4) is 0 Å². The van der Waals surface area contributed by atoms with Crippen molar-refractivity contribution in [2.45, 2.75) is 0 Å². The number of carbonyl (C=O) groups is 1. The Kier molecular flexibility index (Phi) is 3.90. The Morgan fingerprint density at radius 2 is 1.81 bits per heavy atom. The van der Waals surface area contributed by atoms with E-state index in [1.807, 2.05) is 42.5 Å². The quantitative estimate of drug-likeness (QED) is 0.807. The van der Waals surface area contributed by atoms with Gasteiger partial charge in [0.2, 0.25) is 0 Å². The predicted octanol–water partition coefficient (Wildman–Crippen LogP) is 4.02. The summed E-state index contributed by atoms with van der Waals surface area (Å²) < 4.78 is 0.987. The van der Waals surface area contributed by atoms with Crippen LogP contribution in [0.5, 0.6) is 0 Å². The van der Waals surface area contributed by atoms with Crippen LogP contribution in [0.2, 0.25) is 5.02 Å². The molecule has 0 saturated carbocycles. The third-order valence-electron chi connectivity index (χ3n) is 3.00. The van der Waals surface area contributed by atoms with Crippen LogP contribution < -0.4 is 5.32 Å². The van der Waals surface area contributed by atoms with E-state index in [4.69, 9.17) is 11.6 Å². The Balaban J connectivity index is 1.96. The maximum Gasteiger partial charge on any atom is 0.275 e. The monoisotopic (exact) mass is 360 g/mol. The minimum atomic E-state index is -0.229. The smallest absolute Gasteiger partial charge is 0.275 e. The van der Waals surface area contributed by atoms with Crippen molar-refractivity contribution in [1.29, 1.82) is 0 Å². The third kappa shape index (κ3) is 3.06. The third-order valence-corrected chi connectivity index (χ3v) is 3.86. The van der Waals surface area contributed by atoms with E-state index in [0.717, 1.165) is 10.0 Å². The molecule has 104 valence electrons. The molecule has 1 heterocycles. The summed E-state index contributed by atoms with van der Waals surface area (Å²) in [6.45, 7) is 0. The Hall–Kier alpha value is -1.91. The van der Waals surface area contributed by atoms with Gasteiger partial charge in [-0.3, -0.25) is 4.79 Å². The molecule has 0 aliphatic carbocycles. The van der Waals surface area contributed by atoms with Gasteiger partial charge in [0.15, 0.2) is 0 Å². The van der Waals surface area contributed by atoms with Gasteiger partial charge in [0.05, 0.1) is 5.02 Å². The van der Waals surface area contributed by atoms with Crippen LogP contribution in [0.25, 0.3) is 6.08 Å². The summed E-state index contributed by atoms with van der Waals surface area (Å²) in [4.78, 5) is 16.3. The summed E-state index contributed by atoms with van der Waals surface area (Å²) in [6, 6.07) is 14.9. The average molecular weight is 362 g/mol. The van der Waals surface area contributed by atoms with Crippen molar-refractivity contribution in [3.8, 4) is 0 Å². The Labute approximate surface area is 135 Å². The van der Waals surface area contributed by atoms with Gasteiger partial charge in [-0.2, -0.15) is 0 Å². The van der Waals surface area contributed by atoms with Gasteiger partial charge in [0, 0.05) is 10.0 Å². The van der Waals surface area contributed by atoms with Crippen LogP contribution >= 0.6 is 27.5 Å². The molecule has 0 unspecified atom stereocenters. The van der Waals surface area contributed by atoms with Gasteiger partial charge in [-0.1, -0.05) is 51.8 Å². The van der Waals surface area contributed by atoms with E-state index >= 15 is 0 Å². The molecular weight excluding hydrogens is 352 g/mol. The molecule has 2 aromatic carbocycles. The lowest BCUT2D eigenvalue weighted by atomic mass is 10.2. The molecule has 0 fully saturated rings. The summed E-state index contributed by atoms with van der Waals surface area (Å²) in [5.41, 5.74) is 1.99. The number of halogens is 2. The second kappa shape index (κ2) is 5.84. The number of hydrogen-bond donors (Lipinski definition) is 1. The van der Waals surface area contributed by atoms with Crippen molar-refractivity contribution < 1.29 is 4.79 Å². The molecule has 1 aliphatic heterocycles. The number of carbonyl (C=O) groups excluding carboxylic acids is 1. The van der Waals surface area contributed by atoms with Gasteiger partial charge < -0.3 is 5.32 Å². The summed E-state index contributed by atoms with van der Waals surface area (Å²) in [6.07, 6.45) is 1.74. The highest BCUT2D eigenvalue weighted by atomic mass is 79.9. The minimum Gasteiger partial charge on any atom is -0.305 e. The molecule has 1 N–H and O–H groups in total. The Morgan fingerprint density at radius 1 is 1.10 bits per heavy atom. The predicted molar refractivity (Wildman–Crippen MR) is 88.3 cm³/mol. The zero-order chi connectivity index (χ0) is 14.8. The average Bonchev–Trinajstić information content (AvgIpc) is 2.83. The van der Waals surface area contributed by atoms with Gasteiger partial charge in [0.1, 0.15) is 11.5 Å². The van der Waals surface area contributed by atoms with E-state index in [9.17, 15) is 4.79 Å². The second-order valence-corrected chi connectivity index (χ2v) is 5.80. The lowest BCUT2D eigenvalue weighted by molar-refractivity contribution is -0.115. The topological polar surface area (TPSA) is 41.5 Å². The first-order chi connectivity index (χ1) is 10.1. The molecule has 5 heteroatoms. The molecule has 3 rings (SSSR count). The van der Waals surface area contributed by atoms with E-state index in [-0.39, 0.29) is 5.91 Å². The second-order valence-electron chi connectivity index (χ2n) is 4.48. The SMILES string of the molecule is O=C1NC(c2ccccc2Cl)=NC1=Cc1ccc(Br)cc1. The van der Waals surface area contributed by atoms with Crippen molar-refractivity contribution >= 4 is 45.3 Å². The van der Waals surface area contributed by atoms with Gasteiger partial charge in [-0.05, 0) is 35.9 Å². The number of nitrogens with zero attached hydrogens (tertiary/aromatic N) is 1. The van der Waals surface area contributed by atoms with E-state index in [2.05, 4.69) is 26.2 Å². The van der Waals surface area contributed by atoms with E-state index in [0.29, 0.717) is 22.1 Å². The van der Waals surface area contributed by atoms with Crippen LogP contribution in [-0.4, -0.2) is 11.7 Å². The highest BCUT2D eigenvalue weighted by Gasteiger charge is 2.22. The Morgan fingerprint density at radius 3 is 2.52 bits per heavy atom. The number of hydrogen-bond acceptors (Lipinski definition) is 2. The molecule has 0 bridgehead atoms. The molecule has 1 aliphatic rings. The molecule has 0 aromatic heterocycles. The number of aliphatic imine (C=N–C) groups is 1. The van der Waals surface area contributed by atoms with Crippen LogP contribution in [0.4, 0.5) is 0 Å². The first kappa shape index (κ1) is 14.0. The summed E-state index contributed by atoms with van der Waals surface area (Å²) >= 11 is 9.50. The van der Waals surface area contributed by atoms with Crippen molar-refractivity contribution in [1.82, 2.24) is 5.32 Å². The molecular formula is C16H10BrClN2O. The highest BCUT2D eigenvalue weighted by Crippen LogP contribution is 2.20. The van der Waals surface area contributed by atoms with Crippen molar-refractivity contribution in [2.75, 3.05) is 0 Å². The van der Waals surface area contributed by atoms with Crippen LogP contribution in [0.1, 0.15) is 11.1 Å². The fourth-order valence-electron chi connectivity index (χ4n) is 1.97. The number of amidine groups is 1. The maximum atomic E-state index is 12.0. The van der Waals surface area contributed by atoms with Gasteiger partial charge >= 0.3 is 0 Å². The molecule has 0 radical (unpaired) electrons. The molecule has 0 spiro atoms. The Bertz CT molecular complexity index is 766. The fraction of sp³-hybridized carbons (Fsp3) is 0. The minimum absolute atomic E-state index is 0.229. The van der Waals surface area contributed by atoms with Gasteiger partial charge in [-0.15, -0.1) is 0 Å². The molecule has 21 heavy (non-hydrogen) atoms. The standard InChI is InChI=1S/C16H10BrClN2O/c17-11-7-5-10(6-8-11)9-14-16(21)20-15(19-14)12-3-1-2-4-13(12)18/h1-9H,(H,19,20,21). The first-order valence-electron chi connectivity index (χ1n) is 6.26. The largest absolute Gasteiger partial charge is 0.305 e. The van der Waals surface area contributed by atoms with E-state index in [1.54, 1.807) is 12.1 Å². The summed E-state index contributed by atoms with van der Waals surface area (Å²) in [5, 5.41) is 3.30. The lowest BCUT2D eigenvalue weighted by Crippen LogP contribution is -2.24. The lowest BCUT2D eigenvalue weighted by Gasteiger charge is -2.01. The fourth-order valence-corrected chi connectivity index (χ4v) is 2.46. The van der Waals surface area contributed by atoms with Crippen LogP contribution in [0.15, 0.2) is 63.7 Å². The zero-order valence-corrected chi connectivity index (χ0v) is 13.1. The highest BCUT2D eigenvalue weighted by molar-refractivity contribution is 9.10. The molecule has 1 amide bonds. The molecule has 2 aromatic rings. The number of amides is 1. The molecule has 3 nitrogen and oxygen atoms in total. The van der Waals surface area contributed by atoms with Crippen molar-refractivity contribution in [2.24, 2.45) is 4.99 Å². The zero-order valence-electron chi connectivity index (χ0n) is 10.8. The number of benzene rings is 2. The van der Waals surface area contributed by atoms with Gasteiger partial charge in [0.25, 0.3) is 5.91 Å². The number of rotatable bonds is 2.